The van der Waals surface area contributed by atoms with Crippen LogP contribution in [0.3, 0.4) is 0 Å². The largest absolute Gasteiger partial charge is 0.299 e. The van der Waals surface area contributed by atoms with Gasteiger partial charge in [0.15, 0.2) is 0 Å². The predicted octanol–water partition coefficient (Wildman–Crippen LogP) is 2.62. The summed E-state index contributed by atoms with van der Waals surface area (Å²) < 4.78 is 0.116. The highest BCUT2D eigenvalue weighted by atomic mass is 127. The van der Waals surface area contributed by atoms with Gasteiger partial charge in [0.1, 0.15) is 5.78 Å². The van der Waals surface area contributed by atoms with Gasteiger partial charge < -0.3 is 0 Å². The lowest BCUT2D eigenvalue weighted by Gasteiger charge is -2.04. The number of hydrogen-bond donors (Lipinski definition) is 0. The lowest BCUT2D eigenvalue weighted by molar-refractivity contribution is -0.116. The minimum absolute atomic E-state index is 0.116. The van der Waals surface area contributed by atoms with Crippen molar-refractivity contribution in [1.82, 2.24) is 0 Å². The van der Waals surface area contributed by atoms with E-state index in [9.17, 15) is 4.79 Å². The standard InChI is InChI=1S/C10H11IO/c1-8(12)10(11)7-9-5-3-2-4-6-9/h2-6,10H,7H2,1H3/t10-/m1/s1. The first-order valence-electron chi connectivity index (χ1n) is 3.88. The number of carbonyl (C=O) groups excluding carboxylic acids is 1. The van der Waals surface area contributed by atoms with Crippen LogP contribution in [-0.2, 0) is 11.2 Å². The Morgan fingerprint density at radius 2 is 2.00 bits per heavy atom. The van der Waals surface area contributed by atoms with Crippen LogP contribution in [0.5, 0.6) is 0 Å². The van der Waals surface area contributed by atoms with Crippen LogP contribution in [0.2, 0.25) is 0 Å². The van der Waals surface area contributed by atoms with Crippen molar-refractivity contribution < 1.29 is 4.79 Å². The lowest BCUT2D eigenvalue weighted by atomic mass is 10.1. The van der Waals surface area contributed by atoms with Gasteiger partial charge in [-0.05, 0) is 18.9 Å². The number of ketones is 1. The molecule has 0 radical (unpaired) electrons. The fourth-order valence-electron chi connectivity index (χ4n) is 0.965. The molecule has 1 aromatic rings. The van der Waals surface area contributed by atoms with Crippen LogP contribution in [0.1, 0.15) is 12.5 Å². The molecular weight excluding hydrogens is 263 g/mol. The van der Waals surface area contributed by atoms with Crippen LogP contribution < -0.4 is 0 Å². The Balaban J connectivity index is 2.58. The molecule has 0 bridgehead atoms. The zero-order valence-corrected chi connectivity index (χ0v) is 9.11. The highest BCUT2D eigenvalue weighted by Gasteiger charge is 2.09. The molecular formula is C10H11IO. The summed E-state index contributed by atoms with van der Waals surface area (Å²) >= 11 is 2.19. The van der Waals surface area contributed by atoms with Crippen LogP contribution >= 0.6 is 22.6 Å². The zero-order chi connectivity index (χ0) is 8.97. The lowest BCUT2D eigenvalue weighted by Crippen LogP contribution is -2.12. The first-order valence-corrected chi connectivity index (χ1v) is 5.13. The second-order valence-electron chi connectivity index (χ2n) is 2.77. The molecule has 0 heterocycles. The van der Waals surface area contributed by atoms with E-state index >= 15 is 0 Å². The van der Waals surface area contributed by atoms with Crippen LogP contribution in [0.25, 0.3) is 0 Å². The van der Waals surface area contributed by atoms with Crippen LogP contribution in [0, 0.1) is 0 Å². The van der Waals surface area contributed by atoms with Crippen LogP contribution in [-0.4, -0.2) is 9.71 Å². The molecule has 0 aromatic heterocycles. The molecule has 0 unspecified atom stereocenters. The molecule has 1 atom stereocenters. The van der Waals surface area contributed by atoms with Gasteiger partial charge in [-0.15, -0.1) is 0 Å². The van der Waals surface area contributed by atoms with E-state index in [1.165, 1.54) is 5.56 Å². The topological polar surface area (TPSA) is 17.1 Å². The summed E-state index contributed by atoms with van der Waals surface area (Å²) in [5.41, 5.74) is 1.23. The summed E-state index contributed by atoms with van der Waals surface area (Å²) in [6, 6.07) is 10.1. The summed E-state index contributed by atoms with van der Waals surface area (Å²) in [4.78, 5) is 10.9. The fraction of sp³-hybridized carbons (Fsp3) is 0.300. The van der Waals surface area contributed by atoms with Crippen molar-refractivity contribution in [3.8, 4) is 0 Å². The molecule has 1 rings (SSSR count). The number of rotatable bonds is 3. The maximum Gasteiger partial charge on any atom is 0.142 e. The Morgan fingerprint density at radius 3 is 2.50 bits per heavy atom. The molecule has 0 saturated heterocycles. The summed E-state index contributed by atoms with van der Waals surface area (Å²) in [6.07, 6.45) is 0.844. The molecule has 1 aromatic carbocycles. The van der Waals surface area contributed by atoms with Gasteiger partial charge in [0.2, 0.25) is 0 Å². The maximum absolute atomic E-state index is 10.9. The molecule has 0 fully saturated rings. The highest BCUT2D eigenvalue weighted by Crippen LogP contribution is 2.10. The maximum atomic E-state index is 10.9. The quantitative estimate of drug-likeness (QED) is 0.611. The van der Waals surface area contributed by atoms with Gasteiger partial charge in [-0.2, -0.15) is 0 Å². The third-order valence-corrected chi connectivity index (χ3v) is 3.02. The molecule has 0 spiro atoms. The van der Waals surface area contributed by atoms with E-state index in [2.05, 4.69) is 34.7 Å². The number of hydrogen-bond acceptors (Lipinski definition) is 1. The van der Waals surface area contributed by atoms with Crippen molar-refractivity contribution in [3.63, 3.8) is 0 Å². The summed E-state index contributed by atoms with van der Waals surface area (Å²) in [6.45, 7) is 1.64. The molecule has 0 saturated carbocycles. The van der Waals surface area contributed by atoms with Crippen molar-refractivity contribution in [1.29, 1.82) is 0 Å². The second-order valence-corrected chi connectivity index (χ2v) is 4.27. The van der Waals surface area contributed by atoms with Gasteiger partial charge in [0, 0.05) is 0 Å². The van der Waals surface area contributed by atoms with E-state index < -0.39 is 0 Å². The third-order valence-electron chi connectivity index (χ3n) is 1.70. The predicted molar refractivity (Wildman–Crippen MR) is 58.6 cm³/mol. The molecule has 64 valence electrons. The van der Waals surface area contributed by atoms with Crippen LogP contribution in [0.15, 0.2) is 30.3 Å². The Labute approximate surface area is 86.3 Å². The molecule has 0 aliphatic carbocycles. The monoisotopic (exact) mass is 274 g/mol. The molecule has 0 amide bonds. The minimum Gasteiger partial charge on any atom is -0.299 e. The first kappa shape index (κ1) is 9.71. The van der Waals surface area contributed by atoms with E-state index in [-0.39, 0.29) is 9.71 Å². The van der Waals surface area contributed by atoms with Crippen molar-refractivity contribution in [2.45, 2.75) is 17.3 Å². The smallest absolute Gasteiger partial charge is 0.142 e. The Morgan fingerprint density at radius 1 is 1.42 bits per heavy atom. The van der Waals surface area contributed by atoms with Gasteiger partial charge in [0.25, 0.3) is 0 Å². The molecule has 12 heavy (non-hydrogen) atoms. The highest BCUT2D eigenvalue weighted by molar-refractivity contribution is 14.1. The van der Waals surface area contributed by atoms with Gasteiger partial charge in [0.05, 0.1) is 3.92 Å². The Bertz CT molecular complexity index is 256. The SMILES string of the molecule is CC(=O)[C@H](I)Cc1ccccc1. The molecule has 1 nitrogen and oxygen atoms in total. The average Bonchev–Trinajstić information content (AvgIpc) is 2.06. The number of halogens is 1. The van der Waals surface area contributed by atoms with E-state index in [1.54, 1.807) is 6.92 Å². The summed E-state index contributed by atoms with van der Waals surface area (Å²) in [5.74, 6) is 0.249. The van der Waals surface area contributed by atoms with Gasteiger partial charge >= 0.3 is 0 Å². The number of Topliss-reactive ketones (excluding diaryl/α,β-unsaturated/α-hetero) is 1. The van der Waals surface area contributed by atoms with E-state index in [0.29, 0.717) is 0 Å². The van der Waals surface area contributed by atoms with Crippen molar-refractivity contribution in [3.05, 3.63) is 35.9 Å². The van der Waals surface area contributed by atoms with Gasteiger partial charge in [-0.3, -0.25) is 4.79 Å². The summed E-state index contributed by atoms with van der Waals surface area (Å²) in [7, 11) is 0. The minimum atomic E-state index is 0.116. The van der Waals surface area contributed by atoms with E-state index in [1.807, 2.05) is 18.2 Å². The Hall–Kier alpha value is -0.380. The number of carbonyl (C=O) groups is 1. The second kappa shape index (κ2) is 4.60. The fourth-order valence-corrected chi connectivity index (χ4v) is 1.47. The van der Waals surface area contributed by atoms with Crippen molar-refractivity contribution >= 4 is 28.4 Å². The number of alkyl halides is 1. The van der Waals surface area contributed by atoms with E-state index in [0.717, 1.165) is 6.42 Å². The summed E-state index contributed by atoms with van der Waals surface area (Å²) in [5, 5.41) is 0. The van der Waals surface area contributed by atoms with Crippen LogP contribution in [0.4, 0.5) is 0 Å². The van der Waals surface area contributed by atoms with E-state index in [4.69, 9.17) is 0 Å². The van der Waals surface area contributed by atoms with Gasteiger partial charge in [-0.25, -0.2) is 0 Å². The number of benzene rings is 1. The molecule has 2 heteroatoms. The van der Waals surface area contributed by atoms with Crippen molar-refractivity contribution in [2.24, 2.45) is 0 Å². The third kappa shape index (κ3) is 2.93. The first-order chi connectivity index (χ1) is 5.70. The van der Waals surface area contributed by atoms with Crippen molar-refractivity contribution in [2.75, 3.05) is 0 Å². The average molecular weight is 274 g/mol. The zero-order valence-electron chi connectivity index (χ0n) is 6.96. The molecule has 0 aliphatic rings. The molecule has 0 aliphatic heterocycles. The normalized spacial score (nSPS) is 12.5. The Kier molecular flexibility index (Phi) is 3.72. The molecule has 0 N–H and O–H groups in total. The van der Waals surface area contributed by atoms with Gasteiger partial charge in [-0.1, -0.05) is 52.9 Å².